The summed E-state index contributed by atoms with van der Waals surface area (Å²) in [4.78, 5) is 16.5. The van der Waals surface area contributed by atoms with Crippen LogP contribution >= 0.6 is 11.3 Å². The van der Waals surface area contributed by atoms with Gasteiger partial charge in [0.2, 0.25) is 0 Å². The summed E-state index contributed by atoms with van der Waals surface area (Å²) in [5.41, 5.74) is 2.79. The van der Waals surface area contributed by atoms with Gasteiger partial charge in [0.1, 0.15) is 10.7 Å². The van der Waals surface area contributed by atoms with E-state index in [2.05, 4.69) is 29.4 Å². The van der Waals surface area contributed by atoms with E-state index in [1.807, 2.05) is 19.1 Å². The Hall–Kier alpha value is -1.72. The Morgan fingerprint density at radius 1 is 1.38 bits per heavy atom. The molecule has 1 aromatic heterocycles. The number of methoxy groups -OCH3 is 1. The molecule has 0 bridgehead atoms. The molecule has 1 unspecified atom stereocenters. The highest BCUT2D eigenvalue weighted by atomic mass is 32.1. The van der Waals surface area contributed by atoms with E-state index < -0.39 is 0 Å². The third kappa shape index (κ3) is 4.12. The minimum Gasteiger partial charge on any atom is -0.383 e. The number of nitrogens with one attached hydrogen (secondary N) is 1. The molecule has 1 atom stereocenters. The second-order valence-corrected chi connectivity index (χ2v) is 5.78. The van der Waals surface area contributed by atoms with Crippen LogP contribution in [0.2, 0.25) is 0 Å². The molecule has 0 aliphatic rings. The van der Waals surface area contributed by atoms with Crippen molar-refractivity contribution in [2.24, 2.45) is 0 Å². The van der Waals surface area contributed by atoms with Crippen LogP contribution in [0, 0.1) is 0 Å². The first kappa shape index (κ1) is 15.7. The number of carbonyl (C=O) groups excluding carboxylic acids is 1. The van der Waals surface area contributed by atoms with Crippen LogP contribution in [0.1, 0.15) is 29.9 Å². The second-order valence-electron chi connectivity index (χ2n) is 4.92. The van der Waals surface area contributed by atoms with E-state index >= 15 is 0 Å². The predicted octanol–water partition coefficient (Wildman–Crippen LogP) is 3.14. The number of rotatable bonds is 6. The van der Waals surface area contributed by atoms with Crippen LogP contribution in [0.5, 0.6) is 0 Å². The van der Waals surface area contributed by atoms with E-state index in [1.165, 1.54) is 16.9 Å². The van der Waals surface area contributed by atoms with Gasteiger partial charge in [0.25, 0.3) is 5.91 Å². The molecule has 2 rings (SSSR count). The maximum Gasteiger partial charge on any atom is 0.271 e. The Labute approximate surface area is 129 Å². The molecule has 0 radical (unpaired) electrons. The number of thiazole rings is 1. The number of carbonyl (C=O) groups is 1. The van der Waals surface area contributed by atoms with Gasteiger partial charge in [-0.15, -0.1) is 11.3 Å². The van der Waals surface area contributed by atoms with Gasteiger partial charge in [0, 0.05) is 24.1 Å². The van der Waals surface area contributed by atoms with Gasteiger partial charge in [-0.1, -0.05) is 31.2 Å². The van der Waals surface area contributed by atoms with Crippen molar-refractivity contribution in [2.75, 3.05) is 13.7 Å². The minimum atomic E-state index is -0.160. The molecule has 1 amide bonds. The Balaban J connectivity index is 2.08. The van der Waals surface area contributed by atoms with E-state index in [0.29, 0.717) is 12.3 Å². The van der Waals surface area contributed by atoms with Crippen molar-refractivity contribution >= 4 is 17.2 Å². The number of hydrogen-bond donors (Lipinski definition) is 1. The Morgan fingerprint density at radius 2 is 2.10 bits per heavy atom. The van der Waals surface area contributed by atoms with Crippen LogP contribution in [0.3, 0.4) is 0 Å². The topological polar surface area (TPSA) is 51.2 Å². The molecule has 112 valence electrons. The minimum absolute atomic E-state index is 0.0310. The molecule has 0 saturated heterocycles. The maximum atomic E-state index is 12.1. The van der Waals surface area contributed by atoms with Crippen LogP contribution in [-0.2, 0) is 11.2 Å². The molecule has 1 heterocycles. The SMILES string of the molecule is CCc1ccc(-c2nc(C(=O)NC(C)COC)cs2)cc1. The van der Waals surface area contributed by atoms with Crippen LogP contribution in [0.25, 0.3) is 10.6 Å². The molecule has 5 heteroatoms. The molecule has 4 nitrogen and oxygen atoms in total. The van der Waals surface area contributed by atoms with Gasteiger partial charge in [-0.05, 0) is 18.9 Å². The van der Waals surface area contributed by atoms with Crippen LogP contribution in [0.4, 0.5) is 0 Å². The summed E-state index contributed by atoms with van der Waals surface area (Å²) in [5.74, 6) is -0.160. The smallest absolute Gasteiger partial charge is 0.271 e. The summed E-state index contributed by atoms with van der Waals surface area (Å²) in [6, 6.07) is 8.25. The molecule has 2 aromatic rings. The average Bonchev–Trinajstić information content (AvgIpc) is 2.97. The standard InChI is InChI=1S/C16H20N2O2S/c1-4-12-5-7-13(8-6-12)16-18-14(10-21-16)15(19)17-11(2)9-20-3/h5-8,10-11H,4,9H2,1-3H3,(H,17,19). The second kappa shape index (κ2) is 7.33. The quantitative estimate of drug-likeness (QED) is 0.892. The first-order valence-electron chi connectivity index (χ1n) is 6.98. The van der Waals surface area contributed by atoms with Gasteiger partial charge in [-0.2, -0.15) is 0 Å². The number of nitrogens with zero attached hydrogens (tertiary/aromatic N) is 1. The lowest BCUT2D eigenvalue weighted by atomic mass is 10.1. The van der Waals surface area contributed by atoms with Crippen molar-refractivity contribution in [1.29, 1.82) is 0 Å². The zero-order chi connectivity index (χ0) is 15.2. The normalized spacial score (nSPS) is 12.1. The van der Waals surface area contributed by atoms with E-state index in [9.17, 15) is 4.79 Å². The van der Waals surface area contributed by atoms with E-state index in [1.54, 1.807) is 12.5 Å². The van der Waals surface area contributed by atoms with Crippen molar-refractivity contribution in [3.05, 3.63) is 40.9 Å². The van der Waals surface area contributed by atoms with Crippen LogP contribution < -0.4 is 5.32 Å². The number of ether oxygens (including phenoxy) is 1. The van der Waals surface area contributed by atoms with E-state index in [-0.39, 0.29) is 11.9 Å². The van der Waals surface area contributed by atoms with Crippen molar-refractivity contribution in [2.45, 2.75) is 26.3 Å². The molecule has 0 aliphatic carbocycles. The monoisotopic (exact) mass is 304 g/mol. The summed E-state index contributed by atoms with van der Waals surface area (Å²) in [5, 5.41) is 5.51. The van der Waals surface area contributed by atoms with Crippen molar-refractivity contribution in [3.63, 3.8) is 0 Å². The van der Waals surface area contributed by atoms with Crippen LogP contribution in [-0.4, -0.2) is 30.6 Å². The van der Waals surface area contributed by atoms with Gasteiger partial charge in [0.15, 0.2) is 0 Å². The third-order valence-corrected chi connectivity index (χ3v) is 4.03. The lowest BCUT2D eigenvalue weighted by molar-refractivity contribution is 0.0901. The summed E-state index contributed by atoms with van der Waals surface area (Å²) < 4.78 is 5.00. The Bertz CT molecular complexity index is 593. The average molecular weight is 304 g/mol. The van der Waals surface area contributed by atoms with Crippen LogP contribution in [0.15, 0.2) is 29.6 Å². The molecule has 1 N–H and O–H groups in total. The molecule has 0 saturated carbocycles. The summed E-state index contributed by atoms with van der Waals surface area (Å²) >= 11 is 1.48. The zero-order valence-corrected chi connectivity index (χ0v) is 13.4. The number of aryl methyl sites for hydroxylation is 1. The summed E-state index contributed by atoms with van der Waals surface area (Å²) in [6.45, 7) is 4.52. The lowest BCUT2D eigenvalue weighted by Gasteiger charge is -2.11. The number of amides is 1. The highest BCUT2D eigenvalue weighted by Crippen LogP contribution is 2.24. The zero-order valence-electron chi connectivity index (χ0n) is 12.6. The fourth-order valence-electron chi connectivity index (χ4n) is 1.98. The molecular formula is C16H20N2O2S. The third-order valence-electron chi connectivity index (χ3n) is 3.14. The largest absolute Gasteiger partial charge is 0.383 e. The van der Waals surface area contributed by atoms with Crippen molar-refractivity contribution in [1.82, 2.24) is 10.3 Å². The number of benzene rings is 1. The molecule has 0 fully saturated rings. The van der Waals surface area contributed by atoms with Gasteiger partial charge in [-0.25, -0.2) is 4.98 Å². The first-order valence-corrected chi connectivity index (χ1v) is 7.86. The molecular weight excluding hydrogens is 284 g/mol. The van der Waals surface area contributed by atoms with Crippen molar-refractivity contribution < 1.29 is 9.53 Å². The Morgan fingerprint density at radius 3 is 2.71 bits per heavy atom. The lowest BCUT2D eigenvalue weighted by Crippen LogP contribution is -2.35. The molecule has 0 aliphatic heterocycles. The summed E-state index contributed by atoms with van der Waals surface area (Å²) in [6.07, 6.45) is 1.02. The highest BCUT2D eigenvalue weighted by Gasteiger charge is 2.14. The fourth-order valence-corrected chi connectivity index (χ4v) is 2.79. The van der Waals surface area contributed by atoms with Gasteiger partial charge in [-0.3, -0.25) is 4.79 Å². The number of aromatic nitrogens is 1. The van der Waals surface area contributed by atoms with E-state index in [0.717, 1.165) is 17.0 Å². The first-order chi connectivity index (χ1) is 10.1. The van der Waals surface area contributed by atoms with Gasteiger partial charge < -0.3 is 10.1 Å². The highest BCUT2D eigenvalue weighted by molar-refractivity contribution is 7.13. The van der Waals surface area contributed by atoms with Gasteiger partial charge >= 0.3 is 0 Å². The van der Waals surface area contributed by atoms with E-state index in [4.69, 9.17) is 4.74 Å². The maximum absolute atomic E-state index is 12.1. The number of hydrogen-bond acceptors (Lipinski definition) is 4. The summed E-state index contributed by atoms with van der Waals surface area (Å²) in [7, 11) is 1.61. The Kier molecular flexibility index (Phi) is 5.47. The fraction of sp³-hybridized carbons (Fsp3) is 0.375. The molecule has 0 spiro atoms. The molecule has 1 aromatic carbocycles. The predicted molar refractivity (Wildman–Crippen MR) is 85.7 cm³/mol. The van der Waals surface area contributed by atoms with Crippen molar-refractivity contribution in [3.8, 4) is 10.6 Å². The van der Waals surface area contributed by atoms with Gasteiger partial charge in [0.05, 0.1) is 6.61 Å². The molecule has 21 heavy (non-hydrogen) atoms.